The molecule has 226 valence electrons. The Bertz CT molecular complexity index is 1400. The van der Waals surface area contributed by atoms with Crippen LogP contribution in [0.4, 0.5) is 0 Å². The Labute approximate surface area is 247 Å². The van der Waals surface area contributed by atoms with Crippen LogP contribution in [0.15, 0.2) is 40.8 Å². The first-order valence-corrected chi connectivity index (χ1v) is 14.8. The first-order chi connectivity index (χ1) is 20.3. The summed E-state index contributed by atoms with van der Waals surface area (Å²) in [4.78, 5) is 36.4. The fourth-order valence-electron chi connectivity index (χ4n) is 5.92. The summed E-state index contributed by atoms with van der Waals surface area (Å²) in [6, 6.07) is 10.9. The van der Waals surface area contributed by atoms with E-state index in [-0.39, 0.29) is 42.4 Å². The van der Waals surface area contributed by atoms with Crippen LogP contribution in [0.2, 0.25) is 0 Å². The number of hydrogen-bond acceptors (Lipinski definition) is 8. The smallest absolute Gasteiger partial charge is 0.254 e. The molecule has 3 aromatic rings. The standard InChI is InChI=1S/C32H42N4O6/c1-20(2)35(32(38)23-8-12-29(40-5)30(17-23)41-14-6-13-39-4)26-18-33-19-27(26)36(24-9-10-24)31(37)16-22-7-11-28-25(15-22)34-21(3)42-28/h7-8,11-12,15,17,20,24,26-27,33H,6,9-10,13-14,16,18-19H2,1-5H3/t26-,27?/m1/s1. The zero-order chi connectivity index (χ0) is 29.8. The number of nitrogens with one attached hydrogen (secondary N) is 1. The number of fused-ring (bicyclic) bond motifs is 1. The molecule has 1 aliphatic carbocycles. The van der Waals surface area contributed by atoms with E-state index in [1.54, 1.807) is 32.4 Å². The van der Waals surface area contributed by atoms with Crippen LogP contribution in [0.5, 0.6) is 11.5 Å². The Balaban J connectivity index is 1.36. The van der Waals surface area contributed by atoms with E-state index in [0.717, 1.165) is 35.9 Å². The number of aryl methyl sites for hydroxylation is 1. The van der Waals surface area contributed by atoms with Gasteiger partial charge < -0.3 is 33.7 Å². The van der Waals surface area contributed by atoms with Crippen molar-refractivity contribution in [3.8, 4) is 11.5 Å². The molecule has 10 heteroatoms. The molecular weight excluding hydrogens is 536 g/mol. The average Bonchev–Trinajstić information content (AvgIpc) is 3.57. The summed E-state index contributed by atoms with van der Waals surface area (Å²) in [6.07, 6.45) is 2.96. The van der Waals surface area contributed by atoms with E-state index in [4.69, 9.17) is 18.6 Å². The van der Waals surface area contributed by atoms with Crippen molar-refractivity contribution in [1.82, 2.24) is 20.1 Å². The number of carbonyl (C=O) groups is 2. The van der Waals surface area contributed by atoms with E-state index in [2.05, 4.69) is 10.3 Å². The summed E-state index contributed by atoms with van der Waals surface area (Å²) < 4.78 is 22.2. The SMILES string of the molecule is COCCCOc1cc(C(=O)N(C(C)C)[C@@H]2CNCC2N(C(=O)Cc2ccc3oc(C)nc3c2)C2CC2)ccc1OC. The van der Waals surface area contributed by atoms with Gasteiger partial charge in [0.25, 0.3) is 5.91 Å². The van der Waals surface area contributed by atoms with Crippen molar-refractivity contribution in [3.63, 3.8) is 0 Å². The molecule has 2 aromatic carbocycles. The van der Waals surface area contributed by atoms with Gasteiger partial charge in [-0.15, -0.1) is 0 Å². The maximum atomic E-state index is 14.1. The first kappa shape index (κ1) is 29.8. The zero-order valence-corrected chi connectivity index (χ0v) is 25.2. The summed E-state index contributed by atoms with van der Waals surface area (Å²) in [7, 11) is 3.24. The Kier molecular flexibility index (Phi) is 9.33. The highest BCUT2D eigenvalue weighted by Crippen LogP contribution is 2.34. The lowest BCUT2D eigenvalue weighted by Crippen LogP contribution is -2.57. The van der Waals surface area contributed by atoms with Crippen molar-refractivity contribution < 1.29 is 28.2 Å². The quantitative estimate of drug-likeness (QED) is 0.304. The molecule has 2 atom stereocenters. The van der Waals surface area contributed by atoms with Crippen molar-refractivity contribution in [2.24, 2.45) is 0 Å². The molecule has 0 radical (unpaired) electrons. The number of nitrogens with zero attached hydrogens (tertiary/aromatic N) is 3. The van der Waals surface area contributed by atoms with Crippen molar-refractivity contribution in [2.75, 3.05) is 40.5 Å². The average molecular weight is 579 g/mol. The van der Waals surface area contributed by atoms with E-state index < -0.39 is 0 Å². The number of methoxy groups -OCH3 is 2. The third-order valence-electron chi connectivity index (χ3n) is 7.96. The monoisotopic (exact) mass is 578 g/mol. The number of rotatable bonds is 13. The van der Waals surface area contributed by atoms with E-state index >= 15 is 0 Å². The Morgan fingerprint density at radius 1 is 1.05 bits per heavy atom. The lowest BCUT2D eigenvalue weighted by Gasteiger charge is -2.40. The fraction of sp³-hybridized carbons (Fsp3) is 0.531. The fourth-order valence-corrected chi connectivity index (χ4v) is 5.92. The third-order valence-corrected chi connectivity index (χ3v) is 7.96. The van der Waals surface area contributed by atoms with Gasteiger partial charge in [-0.2, -0.15) is 0 Å². The van der Waals surface area contributed by atoms with Crippen LogP contribution in [0, 0.1) is 6.92 Å². The molecule has 0 bridgehead atoms. The minimum Gasteiger partial charge on any atom is -0.493 e. The Hall–Kier alpha value is -3.63. The van der Waals surface area contributed by atoms with Gasteiger partial charge in [-0.3, -0.25) is 9.59 Å². The summed E-state index contributed by atoms with van der Waals surface area (Å²) in [6.45, 7) is 8.16. The van der Waals surface area contributed by atoms with Crippen LogP contribution < -0.4 is 14.8 Å². The summed E-state index contributed by atoms with van der Waals surface area (Å²) in [5.74, 6) is 1.68. The number of oxazole rings is 1. The molecule has 1 aromatic heterocycles. The van der Waals surface area contributed by atoms with E-state index in [9.17, 15) is 9.59 Å². The number of amides is 2. The molecule has 5 rings (SSSR count). The lowest BCUT2D eigenvalue weighted by atomic mass is 10.0. The van der Waals surface area contributed by atoms with Gasteiger partial charge in [0.2, 0.25) is 5.91 Å². The van der Waals surface area contributed by atoms with Gasteiger partial charge in [0, 0.05) is 57.8 Å². The van der Waals surface area contributed by atoms with Gasteiger partial charge in [0.1, 0.15) is 5.52 Å². The number of aromatic nitrogens is 1. The molecule has 1 N–H and O–H groups in total. The highest BCUT2D eigenvalue weighted by Gasteiger charge is 2.46. The predicted molar refractivity (Wildman–Crippen MR) is 159 cm³/mol. The second-order valence-corrected chi connectivity index (χ2v) is 11.4. The molecule has 2 fully saturated rings. The second-order valence-electron chi connectivity index (χ2n) is 11.4. The van der Waals surface area contributed by atoms with Crippen LogP contribution in [-0.4, -0.2) is 91.3 Å². The van der Waals surface area contributed by atoms with Gasteiger partial charge in [0.15, 0.2) is 23.0 Å². The Morgan fingerprint density at radius 2 is 1.83 bits per heavy atom. The highest BCUT2D eigenvalue weighted by atomic mass is 16.5. The summed E-state index contributed by atoms with van der Waals surface area (Å²) in [5.41, 5.74) is 2.91. The van der Waals surface area contributed by atoms with Crippen LogP contribution in [-0.2, 0) is 16.0 Å². The van der Waals surface area contributed by atoms with Gasteiger partial charge in [-0.25, -0.2) is 4.98 Å². The van der Waals surface area contributed by atoms with E-state index in [1.165, 1.54) is 0 Å². The molecule has 10 nitrogen and oxygen atoms in total. The number of ether oxygens (including phenoxy) is 3. The number of benzene rings is 2. The van der Waals surface area contributed by atoms with Gasteiger partial charge >= 0.3 is 0 Å². The van der Waals surface area contributed by atoms with Crippen molar-refractivity contribution in [3.05, 3.63) is 53.4 Å². The molecule has 1 aliphatic heterocycles. The zero-order valence-electron chi connectivity index (χ0n) is 25.2. The normalized spacial score (nSPS) is 18.4. The van der Waals surface area contributed by atoms with Gasteiger partial charge in [0.05, 0.1) is 32.2 Å². The molecule has 42 heavy (non-hydrogen) atoms. The first-order valence-electron chi connectivity index (χ1n) is 14.8. The summed E-state index contributed by atoms with van der Waals surface area (Å²) in [5, 5.41) is 3.48. The van der Waals surface area contributed by atoms with Crippen molar-refractivity contribution in [1.29, 1.82) is 0 Å². The third kappa shape index (κ3) is 6.55. The summed E-state index contributed by atoms with van der Waals surface area (Å²) >= 11 is 0. The predicted octanol–water partition coefficient (Wildman–Crippen LogP) is 3.98. The van der Waals surface area contributed by atoms with E-state index in [1.807, 2.05) is 48.8 Å². The molecule has 2 aliphatic rings. The van der Waals surface area contributed by atoms with Crippen molar-refractivity contribution >= 4 is 22.9 Å². The second kappa shape index (κ2) is 13.1. The van der Waals surface area contributed by atoms with Crippen LogP contribution in [0.1, 0.15) is 54.9 Å². The maximum absolute atomic E-state index is 14.1. The number of hydrogen-bond donors (Lipinski definition) is 1. The highest BCUT2D eigenvalue weighted by molar-refractivity contribution is 5.95. The molecular formula is C32H42N4O6. The minimum atomic E-state index is -0.170. The minimum absolute atomic E-state index is 0.0723. The van der Waals surface area contributed by atoms with E-state index in [0.29, 0.717) is 49.3 Å². The topological polar surface area (TPSA) is 106 Å². The Morgan fingerprint density at radius 3 is 2.55 bits per heavy atom. The molecule has 2 heterocycles. The van der Waals surface area contributed by atoms with Gasteiger partial charge in [-0.05, 0) is 62.6 Å². The molecule has 1 unspecified atom stereocenters. The van der Waals surface area contributed by atoms with Crippen molar-refractivity contribution in [2.45, 2.75) is 70.6 Å². The molecule has 1 saturated carbocycles. The van der Waals surface area contributed by atoms with Crippen LogP contribution >= 0.6 is 0 Å². The lowest BCUT2D eigenvalue weighted by molar-refractivity contribution is -0.134. The maximum Gasteiger partial charge on any atom is 0.254 e. The molecule has 2 amide bonds. The van der Waals surface area contributed by atoms with Crippen LogP contribution in [0.25, 0.3) is 11.1 Å². The number of carbonyl (C=O) groups excluding carboxylic acids is 2. The largest absolute Gasteiger partial charge is 0.493 e. The molecule has 1 saturated heterocycles. The molecule has 0 spiro atoms. The van der Waals surface area contributed by atoms with Gasteiger partial charge in [-0.1, -0.05) is 6.07 Å². The van der Waals surface area contributed by atoms with Crippen LogP contribution in [0.3, 0.4) is 0 Å².